The first-order valence-electron chi connectivity index (χ1n) is 8.21. The van der Waals surface area contributed by atoms with Crippen molar-refractivity contribution < 1.29 is 14.2 Å². The molecule has 0 aliphatic heterocycles. The molecule has 0 saturated carbocycles. The number of benzene rings is 1. The SMILES string of the molecule is COCCOCOc1ccc(CCCCCCCCBr)cc1. The molecule has 0 aromatic heterocycles. The van der Waals surface area contributed by atoms with Gasteiger partial charge in [-0.2, -0.15) is 0 Å². The van der Waals surface area contributed by atoms with E-state index in [1.54, 1.807) is 7.11 Å². The Hall–Kier alpha value is -0.580. The summed E-state index contributed by atoms with van der Waals surface area (Å²) in [6.07, 6.45) is 9.13. The van der Waals surface area contributed by atoms with Crippen LogP contribution in [-0.4, -0.2) is 32.4 Å². The van der Waals surface area contributed by atoms with Crippen LogP contribution in [0.15, 0.2) is 24.3 Å². The minimum Gasteiger partial charge on any atom is -0.468 e. The molecule has 0 amide bonds. The van der Waals surface area contributed by atoms with Crippen LogP contribution in [0.5, 0.6) is 5.75 Å². The van der Waals surface area contributed by atoms with Crippen molar-refractivity contribution >= 4 is 15.9 Å². The van der Waals surface area contributed by atoms with Gasteiger partial charge in [-0.1, -0.05) is 53.7 Å². The molecule has 0 aliphatic carbocycles. The van der Waals surface area contributed by atoms with E-state index in [1.807, 2.05) is 12.1 Å². The smallest absolute Gasteiger partial charge is 0.189 e. The molecule has 0 N–H and O–H groups in total. The predicted octanol–water partition coefficient (Wildman–Crippen LogP) is 4.96. The molecular weight excluding hydrogens is 344 g/mol. The predicted molar refractivity (Wildman–Crippen MR) is 95.0 cm³/mol. The van der Waals surface area contributed by atoms with Crippen LogP contribution >= 0.6 is 15.9 Å². The maximum Gasteiger partial charge on any atom is 0.189 e. The fraction of sp³-hybridized carbons (Fsp3) is 0.667. The van der Waals surface area contributed by atoms with Crippen molar-refractivity contribution in [3.8, 4) is 5.75 Å². The maximum atomic E-state index is 5.51. The van der Waals surface area contributed by atoms with Gasteiger partial charge in [-0.3, -0.25) is 0 Å². The topological polar surface area (TPSA) is 27.7 Å². The van der Waals surface area contributed by atoms with Crippen molar-refractivity contribution in [2.75, 3.05) is 32.4 Å². The zero-order valence-electron chi connectivity index (χ0n) is 13.7. The molecule has 1 rings (SSSR count). The van der Waals surface area contributed by atoms with Gasteiger partial charge in [-0.15, -0.1) is 0 Å². The Kier molecular flexibility index (Phi) is 12.4. The summed E-state index contributed by atoms with van der Waals surface area (Å²) in [4.78, 5) is 0. The quantitative estimate of drug-likeness (QED) is 0.262. The van der Waals surface area contributed by atoms with Crippen LogP contribution in [0.2, 0.25) is 0 Å². The van der Waals surface area contributed by atoms with Gasteiger partial charge in [0.1, 0.15) is 5.75 Å². The van der Waals surface area contributed by atoms with Gasteiger partial charge in [0.25, 0.3) is 0 Å². The van der Waals surface area contributed by atoms with Crippen LogP contribution in [-0.2, 0) is 15.9 Å². The Morgan fingerprint density at radius 3 is 2.23 bits per heavy atom. The zero-order chi connectivity index (χ0) is 15.9. The Morgan fingerprint density at radius 1 is 0.864 bits per heavy atom. The lowest BCUT2D eigenvalue weighted by atomic mass is 10.0. The number of hydrogen-bond acceptors (Lipinski definition) is 3. The van der Waals surface area contributed by atoms with E-state index in [9.17, 15) is 0 Å². The number of unbranched alkanes of at least 4 members (excludes halogenated alkanes) is 5. The van der Waals surface area contributed by atoms with Crippen molar-refractivity contribution in [2.24, 2.45) is 0 Å². The van der Waals surface area contributed by atoms with Gasteiger partial charge in [0.2, 0.25) is 0 Å². The molecule has 0 unspecified atom stereocenters. The van der Waals surface area contributed by atoms with Crippen LogP contribution in [0, 0.1) is 0 Å². The highest BCUT2D eigenvalue weighted by molar-refractivity contribution is 9.09. The first kappa shape index (κ1) is 19.5. The fourth-order valence-electron chi connectivity index (χ4n) is 2.19. The van der Waals surface area contributed by atoms with E-state index in [2.05, 4.69) is 28.1 Å². The number of halogens is 1. The van der Waals surface area contributed by atoms with Crippen molar-refractivity contribution in [3.63, 3.8) is 0 Å². The van der Waals surface area contributed by atoms with Crippen molar-refractivity contribution in [1.29, 1.82) is 0 Å². The summed E-state index contributed by atoms with van der Waals surface area (Å²) in [6.45, 7) is 1.43. The van der Waals surface area contributed by atoms with Crippen molar-refractivity contribution in [3.05, 3.63) is 29.8 Å². The largest absolute Gasteiger partial charge is 0.468 e. The third-order valence-corrected chi connectivity index (χ3v) is 4.07. The van der Waals surface area contributed by atoms with Gasteiger partial charge < -0.3 is 14.2 Å². The van der Waals surface area contributed by atoms with Gasteiger partial charge in [0, 0.05) is 12.4 Å². The Labute approximate surface area is 143 Å². The number of methoxy groups -OCH3 is 1. The van der Waals surface area contributed by atoms with Crippen molar-refractivity contribution in [1.82, 2.24) is 0 Å². The number of alkyl halides is 1. The molecule has 3 nitrogen and oxygen atoms in total. The van der Waals surface area contributed by atoms with Crippen LogP contribution in [0.1, 0.15) is 44.1 Å². The van der Waals surface area contributed by atoms with Gasteiger partial charge in [-0.05, 0) is 37.0 Å². The molecule has 0 saturated heterocycles. The van der Waals surface area contributed by atoms with E-state index >= 15 is 0 Å². The molecule has 0 aliphatic rings. The standard InChI is InChI=1S/C18H29BrO3/c1-20-14-15-21-16-22-18-11-9-17(10-12-18)8-6-4-2-3-5-7-13-19/h9-12H,2-8,13-16H2,1H3. The lowest BCUT2D eigenvalue weighted by molar-refractivity contribution is -0.00847. The molecule has 0 heterocycles. The Balaban J connectivity index is 2.06. The Morgan fingerprint density at radius 2 is 1.55 bits per heavy atom. The summed E-state index contributed by atoms with van der Waals surface area (Å²) < 4.78 is 15.7. The van der Waals surface area contributed by atoms with Gasteiger partial charge in [-0.25, -0.2) is 0 Å². The molecule has 0 fully saturated rings. The molecule has 22 heavy (non-hydrogen) atoms. The minimum atomic E-state index is 0.275. The summed E-state index contributed by atoms with van der Waals surface area (Å²) in [6, 6.07) is 8.33. The van der Waals surface area contributed by atoms with Crippen LogP contribution < -0.4 is 4.74 Å². The average molecular weight is 373 g/mol. The molecule has 0 bridgehead atoms. The highest BCUT2D eigenvalue weighted by atomic mass is 79.9. The average Bonchev–Trinajstić information content (AvgIpc) is 2.55. The normalized spacial score (nSPS) is 10.8. The highest BCUT2D eigenvalue weighted by Gasteiger charge is 1.97. The summed E-state index contributed by atoms with van der Waals surface area (Å²) >= 11 is 3.47. The van der Waals surface area contributed by atoms with Gasteiger partial charge in [0.15, 0.2) is 6.79 Å². The third-order valence-electron chi connectivity index (χ3n) is 3.51. The maximum absolute atomic E-state index is 5.51. The molecule has 0 atom stereocenters. The third kappa shape index (κ3) is 10.2. The van der Waals surface area contributed by atoms with Crippen LogP contribution in [0.4, 0.5) is 0 Å². The van der Waals surface area contributed by atoms with Crippen LogP contribution in [0.25, 0.3) is 0 Å². The molecule has 0 radical (unpaired) electrons. The van der Waals surface area contributed by atoms with Crippen molar-refractivity contribution in [2.45, 2.75) is 44.9 Å². The van der Waals surface area contributed by atoms with E-state index < -0.39 is 0 Å². The molecular formula is C18H29BrO3. The lowest BCUT2D eigenvalue weighted by Gasteiger charge is -2.08. The van der Waals surface area contributed by atoms with Gasteiger partial charge >= 0.3 is 0 Å². The second-order valence-electron chi connectivity index (χ2n) is 5.37. The Bertz CT molecular complexity index is 354. The molecule has 126 valence electrons. The lowest BCUT2D eigenvalue weighted by Crippen LogP contribution is -2.07. The summed E-state index contributed by atoms with van der Waals surface area (Å²) in [5.41, 5.74) is 1.38. The molecule has 1 aromatic rings. The van der Waals surface area contributed by atoms with Crippen LogP contribution in [0.3, 0.4) is 0 Å². The number of ether oxygens (including phenoxy) is 3. The van der Waals surface area contributed by atoms with E-state index in [-0.39, 0.29) is 6.79 Å². The summed E-state index contributed by atoms with van der Waals surface area (Å²) in [5.74, 6) is 0.857. The summed E-state index contributed by atoms with van der Waals surface area (Å²) in [5, 5.41) is 1.14. The minimum absolute atomic E-state index is 0.275. The van der Waals surface area contributed by atoms with E-state index in [1.165, 1.54) is 44.1 Å². The van der Waals surface area contributed by atoms with E-state index in [0.29, 0.717) is 13.2 Å². The molecule has 4 heteroatoms. The van der Waals surface area contributed by atoms with E-state index in [4.69, 9.17) is 14.2 Å². The fourth-order valence-corrected chi connectivity index (χ4v) is 2.59. The first-order chi connectivity index (χ1) is 10.9. The number of rotatable bonds is 14. The number of hydrogen-bond donors (Lipinski definition) is 0. The zero-order valence-corrected chi connectivity index (χ0v) is 15.3. The molecule has 0 spiro atoms. The monoisotopic (exact) mass is 372 g/mol. The molecule has 1 aromatic carbocycles. The van der Waals surface area contributed by atoms with Gasteiger partial charge in [0.05, 0.1) is 13.2 Å². The number of aryl methyl sites for hydroxylation is 1. The highest BCUT2D eigenvalue weighted by Crippen LogP contribution is 2.15. The van der Waals surface area contributed by atoms with E-state index in [0.717, 1.165) is 17.5 Å². The first-order valence-corrected chi connectivity index (χ1v) is 9.33. The second kappa shape index (κ2) is 14.0. The second-order valence-corrected chi connectivity index (χ2v) is 6.16. The summed E-state index contributed by atoms with van der Waals surface area (Å²) in [7, 11) is 1.66.